The number of hydrogen-bond acceptors (Lipinski definition) is 4. The zero-order chi connectivity index (χ0) is 17.7. The maximum atomic E-state index is 13.3. The Balaban J connectivity index is 1.30. The Hall–Kier alpha value is -2.70. The van der Waals surface area contributed by atoms with Gasteiger partial charge in [-0.3, -0.25) is 9.48 Å². The predicted octanol–water partition coefficient (Wildman–Crippen LogP) is 3.13. The van der Waals surface area contributed by atoms with E-state index in [-0.39, 0.29) is 17.6 Å². The highest BCUT2D eigenvalue weighted by Crippen LogP contribution is 2.33. The monoisotopic (exact) mass is 354 g/mol. The molecule has 0 radical (unpaired) electrons. The summed E-state index contributed by atoms with van der Waals surface area (Å²) in [5.74, 6) is -0.0947. The Morgan fingerprint density at radius 1 is 1.19 bits per heavy atom. The number of aryl methyl sites for hydroxylation is 2. The first-order valence-corrected chi connectivity index (χ1v) is 9.10. The SMILES string of the molecule is O=C(c1cc2n(n1)CCC2)N1CCC(c2noc3cc(F)ccc23)CC1. The van der Waals surface area contributed by atoms with E-state index in [2.05, 4.69) is 10.3 Å². The highest BCUT2D eigenvalue weighted by Gasteiger charge is 2.29. The lowest BCUT2D eigenvalue weighted by molar-refractivity contribution is 0.0704. The Bertz CT molecular complexity index is 963. The minimum absolute atomic E-state index is 0.0115. The molecule has 1 aromatic carbocycles. The summed E-state index contributed by atoms with van der Waals surface area (Å²) in [6, 6.07) is 6.45. The summed E-state index contributed by atoms with van der Waals surface area (Å²) >= 11 is 0. The van der Waals surface area contributed by atoms with Crippen LogP contribution >= 0.6 is 0 Å². The fraction of sp³-hybridized carbons (Fsp3) is 0.421. The molecule has 134 valence electrons. The third-order valence-electron chi connectivity index (χ3n) is 5.52. The van der Waals surface area contributed by atoms with Crippen molar-refractivity contribution in [1.29, 1.82) is 0 Å². The number of rotatable bonds is 2. The fourth-order valence-corrected chi connectivity index (χ4v) is 4.11. The molecule has 3 aromatic rings. The molecule has 26 heavy (non-hydrogen) atoms. The van der Waals surface area contributed by atoms with Crippen LogP contribution in [0, 0.1) is 5.82 Å². The van der Waals surface area contributed by atoms with E-state index in [4.69, 9.17) is 4.52 Å². The molecule has 0 unspecified atom stereocenters. The molecule has 0 bridgehead atoms. The van der Waals surface area contributed by atoms with Crippen LogP contribution in [-0.4, -0.2) is 38.8 Å². The number of fused-ring (bicyclic) bond motifs is 2. The van der Waals surface area contributed by atoms with Crippen molar-refractivity contribution in [2.24, 2.45) is 0 Å². The molecule has 6 nitrogen and oxygen atoms in total. The van der Waals surface area contributed by atoms with Gasteiger partial charge < -0.3 is 9.42 Å². The molecule has 1 fully saturated rings. The standard InChI is InChI=1S/C19H19FN4O2/c20-13-3-4-15-17(10-13)26-22-18(15)12-5-8-23(9-6-12)19(25)16-11-14-2-1-7-24(14)21-16/h3-4,10-12H,1-2,5-9H2. The van der Waals surface area contributed by atoms with Gasteiger partial charge in [0.15, 0.2) is 11.3 Å². The van der Waals surface area contributed by atoms with Crippen LogP contribution < -0.4 is 0 Å². The van der Waals surface area contributed by atoms with E-state index in [9.17, 15) is 9.18 Å². The number of amides is 1. The average molecular weight is 354 g/mol. The van der Waals surface area contributed by atoms with Gasteiger partial charge in [-0.25, -0.2) is 4.39 Å². The number of piperidine rings is 1. The first kappa shape index (κ1) is 15.5. The lowest BCUT2D eigenvalue weighted by Crippen LogP contribution is -2.38. The molecule has 0 spiro atoms. The van der Waals surface area contributed by atoms with Crippen LogP contribution in [-0.2, 0) is 13.0 Å². The Labute approximate surface area is 149 Å². The van der Waals surface area contributed by atoms with Crippen molar-refractivity contribution >= 4 is 16.9 Å². The van der Waals surface area contributed by atoms with E-state index in [1.807, 2.05) is 15.6 Å². The maximum Gasteiger partial charge on any atom is 0.274 e. The molecular formula is C19H19FN4O2. The van der Waals surface area contributed by atoms with Gasteiger partial charge >= 0.3 is 0 Å². The minimum Gasteiger partial charge on any atom is -0.356 e. The molecule has 1 saturated heterocycles. The topological polar surface area (TPSA) is 64.2 Å². The van der Waals surface area contributed by atoms with Crippen LogP contribution in [0.2, 0.25) is 0 Å². The molecule has 0 N–H and O–H groups in total. The summed E-state index contributed by atoms with van der Waals surface area (Å²) in [6.45, 7) is 2.24. The number of halogens is 1. The molecule has 0 aliphatic carbocycles. The summed E-state index contributed by atoms with van der Waals surface area (Å²) in [5.41, 5.74) is 3.06. The lowest BCUT2D eigenvalue weighted by atomic mass is 9.91. The molecule has 0 saturated carbocycles. The van der Waals surface area contributed by atoms with Gasteiger partial charge in [0.2, 0.25) is 0 Å². The summed E-state index contributed by atoms with van der Waals surface area (Å²) in [6.07, 6.45) is 3.75. The van der Waals surface area contributed by atoms with Crippen molar-refractivity contribution in [1.82, 2.24) is 19.8 Å². The molecule has 0 atom stereocenters. The van der Waals surface area contributed by atoms with Crippen LogP contribution in [0.4, 0.5) is 4.39 Å². The van der Waals surface area contributed by atoms with Crippen LogP contribution in [0.15, 0.2) is 28.8 Å². The first-order chi connectivity index (χ1) is 12.7. The Morgan fingerprint density at radius 2 is 2.04 bits per heavy atom. The molecule has 1 amide bonds. The molecular weight excluding hydrogens is 335 g/mol. The van der Waals surface area contributed by atoms with E-state index in [0.29, 0.717) is 24.4 Å². The number of aromatic nitrogens is 3. The summed E-state index contributed by atoms with van der Waals surface area (Å²) in [7, 11) is 0. The maximum absolute atomic E-state index is 13.3. The molecule has 2 aliphatic rings. The van der Waals surface area contributed by atoms with E-state index in [1.165, 1.54) is 12.1 Å². The lowest BCUT2D eigenvalue weighted by Gasteiger charge is -2.30. The van der Waals surface area contributed by atoms with E-state index in [0.717, 1.165) is 49.0 Å². The molecule has 2 aromatic heterocycles. The number of carbonyl (C=O) groups is 1. The van der Waals surface area contributed by atoms with Crippen molar-refractivity contribution in [3.05, 3.63) is 47.2 Å². The van der Waals surface area contributed by atoms with Crippen molar-refractivity contribution in [2.75, 3.05) is 13.1 Å². The van der Waals surface area contributed by atoms with Gasteiger partial charge in [0.05, 0.1) is 5.69 Å². The van der Waals surface area contributed by atoms with Crippen LogP contribution in [0.1, 0.15) is 47.1 Å². The highest BCUT2D eigenvalue weighted by molar-refractivity contribution is 5.92. The highest BCUT2D eigenvalue weighted by atomic mass is 19.1. The predicted molar refractivity (Wildman–Crippen MR) is 92.4 cm³/mol. The Kier molecular flexibility index (Phi) is 3.55. The molecule has 4 heterocycles. The van der Waals surface area contributed by atoms with Gasteiger partial charge in [0.1, 0.15) is 5.82 Å². The number of hydrogen-bond donors (Lipinski definition) is 0. The second kappa shape index (κ2) is 5.93. The van der Waals surface area contributed by atoms with Gasteiger partial charge in [0, 0.05) is 42.7 Å². The minimum atomic E-state index is -0.326. The third-order valence-corrected chi connectivity index (χ3v) is 5.52. The van der Waals surface area contributed by atoms with Gasteiger partial charge in [-0.05, 0) is 43.9 Å². The van der Waals surface area contributed by atoms with E-state index < -0.39 is 0 Å². The zero-order valence-electron chi connectivity index (χ0n) is 14.3. The van der Waals surface area contributed by atoms with Crippen LogP contribution in [0.3, 0.4) is 0 Å². The van der Waals surface area contributed by atoms with Crippen LogP contribution in [0.5, 0.6) is 0 Å². The van der Waals surface area contributed by atoms with Crippen molar-refractivity contribution < 1.29 is 13.7 Å². The zero-order valence-corrected chi connectivity index (χ0v) is 14.3. The second-order valence-corrected chi connectivity index (χ2v) is 7.12. The normalized spacial score (nSPS) is 17.8. The largest absolute Gasteiger partial charge is 0.356 e. The number of likely N-dealkylation sites (tertiary alicyclic amines) is 1. The van der Waals surface area contributed by atoms with E-state index in [1.54, 1.807) is 6.07 Å². The quantitative estimate of drug-likeness (QED) is 0.709. The summed E-state index contributed by atoms with van der Waals surface area (Å²) in [4.78, 5) is 14.6. The van der Waals surface area contributed by atoms with Gasteiger partial charge in [0.25, 0.3) is 5.91 Å². The van der Waals surface area contributed by atoms with Crippen molar-refractivity contribution in [2.45, 2.75) is 38.1 Å². The number of benzene rings is 1. The van der Waals surface area contributed by atoms with E-state index >= 15 is 0 Å². The Morgan fingerprint density at radius 3 is 2.85 bits per heavy atom. The van der Waals surface area contributed by atoms with Gasteiger partial charge in [-0.2, -0.15) is 5.10 Å². The number of nitrogens with zero attached hydrogens (tertiary/aromatic N) is 4. The van der Waals surface area contributed by atoms with Crippen molar-refractivity contribution in [3.63, 3.8) is 0 Å². The molecule has 5 rings (SSSR count). The second-order valence-electron chi connectivity index (χ2n) is 7.12. The number of carbonyl (C=O) groups excluding carboxylic acids is 1. The van der Waals surface area contributed by atoms with Gasteiger partial charge in [-0.15, -0.1) is 0 Å². The third kappa shape index (κ3) is 2.50. The summed E-state index contributed by atoms with van der Waals surface area (Å²) < 4.78 is 20.5. The van der Waals surface area contributed by atoms with Crippen molar-refractivity contribution in [3.8, 4) is 0 Å². The molecule has 2 aliphatic heterocycles. The smallest absolute Gasteiger partial charge is 0.274 e. The fourth-order valence-electron chi connectivity index (χ4n) is 4.11. The summed E-state index contributed by atoms with van der Waals surface area (Å²) in [5, 5.41) is 9.47. The van der Waals surface area contributed by atoms with Crippen LogP contribution in [0.25, 0.3) is 11.0 Å². The average Bonchev–Trinajstić information content (AvgIpc) is 3.35. The first-order valence-electron chi connectivity index (χ1n) is 9.10. The molecule has 7 heteroatoms. The van der Waals surface area contributed by atoms with Gasteiger partial charge in [-0.1, -0.05) is 5.16 Å².